The molecule has 0 radical (unpaired) electrons. The molecule has 2 atom stereocenters. The van der Waals surface area contributed by atoms with Gasteiger partial charge in [0.1, 0.15) is 5.75 Å². The molecule has 31 heavy (non-hydrogen) atoms. The molecular formula is C26H32N4O. The van der Waals surface area contributed by atoms with Crippen molar-refractivity contribution in [1.82, 2.24) is 5.43 Å². The van der Waals surface area contributed by atoms with Gasteiger partial charge in [-0.25, -0.2) is 0 Å². The summed E-state index contributed by atoms with van der Waals surface area (Å²) in [6.07, 6.45) is 4.17. The van der Waals surface area contributed by atoms with Crippen molar-refractivity contribution in [2.45, 2.75) is 44.7 Å². The fourth-order valence-corrected chi connectivity index (χ4v) is 5.57. The first-order valence-corrected chi connectivity index (χ1v) is 11.3. The number of fused-ring (bicyclic) bond motifs is 1. The summed E-state index contributed by atoms with van der Waals surface area (Å²) in [6.45, 7) is 8.55. The first-order valence-electron chi connectivity index (χ1n) is 11.3. The second-order valence-corrected chi connectivity index (χ2v) is 9.36. The van der Waals surface area contributed by atoms with Gasteiger partial charge in [0, 0.05) is 42.8 Å². The number of anilines is 1. The molecule has 5 heteroatoms. The quantitative estimate of drug-likeness (QED) is 0.781. The lowest BCUT2D eigenvalue weighted by atomic mass is 9.73. The molecule has 2 aliphatic heterocycles. The number of piperidine rings is 1. The van der Waals surface area contributed by atoms with E-state index in [0.29, 0.717) is 6.04 Å². The van der Waals surface area contributed by atoms with E-state index in [0.717, 1.165) is 55.8 Å². The molecule has 2 aromatic rings. The maximum atomic E-state index is 6.83. The summed E-state index contributed by atoms with van der Waals surface area (Å²) in [5.74, 6) is 0.898. The second kappa shape index (κ2) is 7.72. The summed E-state index contributed by atoms with van der Waals surface area (Å²) in [7, 11) is 1.72. The Balaban J connectivity index is 1.35. The van der Waals surface area contributed by atoms with Gasteiger partial charge in [0.05, 0.1) is 12.8 Å². The van der Waals surface area contributed by atoms with Crippen LogP contribution >= 0.6 is 0 Å². The lowest BCUT2D eigenvalue weighted by Crippen LogP contribution is -2.44. The zero-order chi connectivity index (χ0) is 21.6. The number of nitrogens with one attached hydrogen (secondary N) is 1. The van der Waals surface area contributed by atoms with Gasteiger partial charge in [-0.05, 0) is 66.5 Å². The summed E-state index contributed by atoms with van der Waals surface area (Å²) in [5, 5.41) is 4.51. The number of para-hydroxylation sites is 1. The molecule has 1 fully saturated rings. The van der Waals surface area contributed by atoms with Gasteiger partial charge in [0.25, 0.3) is 0 Å². The summed E-state index contributed by atoms with van der Waals surface area (Å²) in [6, 6.07) is 15.5. The number of benzene rings is 2. The van der Waals surface area contributed by atoms with E-state index < -0.39 is 0 Å². The number of nitrogens with zero attached hydrogens (tertiary/aromatic N) is 2. The van der Waals surface area contributed by atoms with Crippen molar-refractivity contribution in [3.8, 4) is 5.75 Å². The Bertz CT molecular complexity index is 1040. The first kappa shape index (κ1) is 20.1. The molecule has 1 spiro atoms. The Morgan fingerprint density at radius 2 is 2.00 bits per heavy atom. The van der Waals surface area contributed by atoms with E-state index in [4.69, 9.17) is 10.5 Å². The van der Waals surface area contributed by atoms with Crippen molar-refractivity contribution in [2.24, 2.45) is 16.3 Å². The van der Waals surface area contributed by atoms with Crippen LogP contribution in [0.15, 0.2) is 54.1 Å². The molecule has 162 valence electrons. The third-order valence-electron chi connectivity index (χ3n) is 7.49. The van der Waals surface area contributed by atoms with E-state index in [1.165, 1.54) is 22.4 Å². The summed E-state index contributed by atoms with van der Waals surface area (Å²) < 4.78 is 5.44. The zero-order valence-electron chi connectivity index (χ0n) is 18.5. The Morgan fingerprint density at radius 1 is 1.23 bits per heavy atom. The molecule has 2 heterocycles. The SMILES string of the molecule is C=C(C1=NN[C@@H](C)C1)c1ccccc1N1CCC2(CC1)Cc1ccc(OC)cc1C2N. The van der Waals surface area contributed by atoms with Crippen LogP contribution in [0, 0.1) is 5.41 Å². The lowest BCUT2D eigenvalue weighted by molar-refractivity contribution is 0.187. The van der Waals surface area contributed by atoms with Gasteiger partial charge in [-0.15, -0.1) is 0 Å². The van der Waals surface area contributed by atoms with Crippen LogP contribution in [-0.4, -0.2) is 32.0 Å². The summed E-state index contributed by atoms with van der Waals surface area (Å²) in [5.41, 5.74) is 17.3. The van der Waals surface area contributed by atoms with Crippen LogP contribution in [-0.2, 0) is 6.42 Å². The highest BCUT2D eigenvalue weighted by Crippen LogP contribution is 2.52. The number of hydrogen-bond donors (Lipinski definition) is 2. The number of ether oxygens (including phenoxy) is 1. The fourth-order valence-electron chi connectivity index (χ4n) is 5.57. The van der Waals surface area contributed by atoms with Gasteiger partial charge in [-0.2, -0.15) is 5.10 Å². The van der Waals surface area contributed by atoms with E-state index in [9.17, 15) is 0 Å². The van der Waals surface area contributed by atoms with Crippen LogP contribution < -0.4 is 20.8 Å². The van der Waals surface area contributed by atoms with Gasteiger partial charge in [-0.3, -0.25) is 0 Å². The fraction of sp³-hybridized carbons (Fsp3) is 0.423. The third-order valence-corrected chi connectivity index (χ3v) is 7.49. The van der Waals surface area contributed by atoms with Crippen molar-refractivity contribution >= 4 is 17.0 Å². The van der Waals surface area contributed by atoms with Crippen LogP contribution in [0.2, 0.25) is 0 Å². The minimum Gasteiger partial charge on any atom is -0.497 e. The molecule has 0 bridgehead atoms. The zero-order valence-corrected chi connectivity index (χ0v) is 18.5. The van der Waals surface area contributed by atoms with Crippen molar-refractivity contribution < 1.29 is 4.74 Å². The van der Waals surface area contributed by atoms with E-state index in [1.54, 1.807) is 7.11 Å². The maximum Gasteiger partial charge on any atom is 0.119 e. The molecule has 1 aliphatic carbocycles. The minimum atomic E-state index is 0.0744. The monoisotopic (exact) mass is 416 g/mol. The Labute approximate surface area is 185 Å². The number of allylic oxidation sites excluding steroid dienone is 1. The minimum absolute atomic E-state index is 0.0744. The molecule has 0 aromatic heterocycles. The summed E-state index contributed by atoms with van der Waals surface area (Å²) in [4.78, 5) is 2.51. The molecular weight excluding hydrogens is 384 g/mol. The van der Waals surface area contributed by atoms with Gasteiger partial charge in [-0.1, -0.05) is 30.8 Å². The van der Waals surface area contributed by atoms with Crippen LogP contribution in [0.4, 0.5) is 5.69 Å². The molecule has 0 saturated carbocycles. The third kappa shape index (κ3) is 3.41. The van der Waals surface area contributed by atoms with Gasteiger partial charge < -0.3 is 20.8 Å². The predicted octanol–water partition coefficient (Wildman–Crippen LogP) is 4.29. The first-order chi connectivity index (χ1) is 15.0. The van der Waals surface area contributed by atoms with Gasteiger partial charge >= 0.3 is 0 Å². The molecule has 3 aliphatic rings. The van der Waals surface area contributed by atoms with Crippen molar-refractivity contribution in [3.05, 3.63) is 65.7 Å². The average molecular weight is 417 g/mol. The number of rotatable bonds is 4. The predicted molar refractivity (Wildman–Crippen MR) is 128 cm³/mol. The van der Waals surface area contributed by atoms with Crippen LogP contribution in [0.1, 0.15) is 48.9 Å². The number of hydrogen-bond acceptors (Lipinski definition) is 5. The molecule has 3 N–H and O–H groups in total. The van der Waals surface area contributed by atoms with Crippen molar-refractivity contribution in [1.29, 1.82) is 0 Å². The number of nitrogens with two attached hydrogens (primary N) is 1. The molecule has 1 unspecified atom stereocenters. The maximum absolute atomic E-state index is 6.83. The molecule has 2 aromatic carbocycles. The van der Waals surface area contributed by atoms with Crippen LogP contribution in [0.25, 0.3) is 5.57 Å². The van der Waals surface area contributed by atoms with Crippen molar-refractivity contribution in [3.63, 3.8) is 0 Å². The topological polar surface area (TPSA) is 62.9 Å². The van der Waals surface area contributed by atoms with Crippen LogP contribution in [0.5, 0.6) is 5.75 Å². The Morgan fingerprint density at radius 3 is 2.71 bits per heavy atom. The average Bonchev–Trinajstić information content (AvgIpc) is 3.35. The van der Waals surface area contributed by atoms with E-state index in [2.05, 4.69) is 71.4 Å². The number of hydrazone groups is 1. The molecule has 1 saturated heterocycles. The Kier molecular flexibility index (Phi) is 5.01. The van der Waals surface area contributed by atoms with E-state index >= 15 is 0 Å². The van der Waals surface area contributed by atoms with Gasteiger partial charge in [0.2, 0.25) is 0 Å². The molecule has 0 amide bonds. The van der Waals surface area contributed by atoms with Crippen LogP contribution in [0.3, 0.4) is 0 Å². The Hall–Kier alpha value is -2.79. The van der Waals surface area contributed by atoms with E-state index in [-0.39, 0.29) is 11.5 Å². The summed E-state index contributed by atoms with van der Waals surface area (Å²) >= 11 is 0. The second-order valence-electron chi connectivity index (χ2n) is 9.36. The molecule has 5 nitrogen and oxygen atoms in total. The highest BCUT2D eigenvalue weighted by molar-refractivity contribution is 6.25. The highest BCUT2D eigenvalue weighted by Gasteiger charge is 2.46. The lowest BCUT2D eigenvalue weighted by Gasteiger charge is -2.43. The van der Waals surface area contributed by atoms with Crippen molar-refractivity contribution in [2.75, 3.05) is 25.1 Å². The highest BCUT2D eigenvalue weighted by atomic mass is 16.5. The van der Waals surface area contributed by atoms with Gasteiger partial charge in [0.15, 0.2) is 0 Å². The number of methoxy groups -OCH3 is 1. The molecule has 5 rings (SSSR count). The smallest absolute Gasteiger partial charge is 0.119 e. The largest absolute Gasteiger partial charge is 0.497 e. The van der Waals surface area contributed by atoms with E-state index in [1.807, 2.05) is 0 Å². The standard InChI is InChI=1S/C26H32N4O/c1-17-14-23(29-28-17)18(2)21-6-4-5-7-24(21)30-12-10-26(11-13-30)16-19-8-9-20(31-3)15-22(19)25(26)27/h4-9,15,17,25,28H,2,10-14,16,27H2,1,3H3/t17-,25?/m0/s1. The normalized spacial score (nSPS) is 24.0.